The highest BCUT2D eigenvalue weighted by atomic mass is 35.5. The van der Waals surface area contributed by atoms with E-state index in [9.17, 15) is 4.79 Å². The highest BCUT2D eigenvalue weighted by Gasteiger charge is 2.32. The molecule has 1 aromatic carbocycles. The highest BCUT2D eigenvalue weighted by Crippen LogP contribution is 2.30. The van der Waals surface area contributed by atoms with Crippen LogP contribution in [0.2, 0.25) is 5.02 Å². The first-order valence-electron chi connectivity index (χ1n) is 8.02. The van der Waals surface area contributed by atoms with Crippen LogP contribution >= 0.6 is 11.6 Å². The van der Waals surface area contributed by atoms with E-state index in [-0.39, 0.29) is 12.0 Å². The predicted octanol–water partition coefficient (Wildman–Crippen LogP) is 3.39. The zero-order chi connectivity index (χ0) is 14.7. The summed E-state index contributed by atoms with van der Waals surface area (Å²) in [5, 5.41) is 4.14. The van der Waals surface area contributed by atoms with E-state index < -0.39 is 0 Å². The molecule has 4 heteroatoms. The van der Waals surface area contributed by atoms with Crippen molar-refractivity contribution in [2.75, 3.05) is 19.6 Å². The fourth-order valence-corrected chi connectivity index (χ4v) is 3.76. The predicted molar refractivity (Wildman–Crippen MR) is 85.4 cm³/mol. The Balaban J connectivity index is 1.79. The van der Waals surface area contributed by atoms with Gasteiger partial charge in [0.2, 0.25) is 5.91 Å². The number of hydrogen-bond donors (Lipinski definition) is 1. The molecule has 1 heterocycles. The minimum absolute atomic E-state index is 0.117. The lowest BCUT2D eigenvalue weighted by atomic mass is 9.87. The molecule has 1 aromatic rings. The smallest absolute Gasteiger partial charge is 0.226 e. The van der Waals surface area contributed by atoms with Gasteiger partial charge in [0.15, 0.2) is 0 Å². The summed E-state index contributed by atoms with van der Waals surface area (Å²) in [4.78, 5) is 15.0. The monoisotopic (exact) mass is 306 g/mol. The number of carbonyl (C=O) groups excluding carboxylic acids is 1. The molecule has 1 saturated heterocycles. The third-order valence-electron chi connectivity index (χ3n) is 4.71. The van der Waals surface area contributed by atoms with Crippen LogP contribution in [-0.2, 0) is 4.79 Å². The number of hydrogen-bond acceptors (Lipinski definition) is 2. The second kappa shape index (κ2) is 6.80. The van der Waals surface area contributed by atoms with E-state index in [2.05, 4.69) is 16.3 Å². The molecule has 1 N–H and O–H groups in total. The van der Waals surface area contributed by atoms with Gasteiger partial charge >= 0.3 is 0 Å². The first kappa shape index (κ1) is 14.9. The first-order chi connectivity index (χ1) is 10.3. The number of halogens is 1. The van der Waals surface area contributed by atoms with Crippen LogP contribution in [0.1, 0.15) is 43.7 Å². The topological polar surface area (TPSA) is 32.3 Å². The Kier molecular flexibility index (Phi) is 4.81. The van der Waals surface area contributed by atoms with Gasteiger partial charge < -0.3 is 10.2 Å². The molecule has 1 atom stereocenters. The summed E-state index contributed by atoms with van der Waals surface area (Å²) in [6.07, 6.45) is 5.80. The number of nitrogens with one attached hydrogen (secondary N) is 1. The van der Waals surface area contributed by atoms with Crippen LogP contribution in [0.3, 0.4) is 0 Å². The van der Waals surface area contributed by atoms with E-state index in [4.69, 9.17) is 11.6 Å². The highest BCUT2D eigenvalue weighted by molar-refractivity contribution is 6.30. The molecule has 1 amide bonds. The largest absolute Gasteiger partial charge is 0.333 e. The molecule has 21 heavy (non-hydrogen) atoms. The Morgan fingerprint density at radius 1 is 1.24 bits per heavy atom. The molecule has 0 aromatic heterocycles. The Morgan fingerprint density at radius 2 is 2.05 bits per heavy atom. The van der Waals surface area contributed by atoms with Gasteiger partial charge in [-0.1, -0.05) is 43.0 Å². The minimum atomic E-state index is 0.117. The Labute approximate surface area is 131 Å². The average Bonchev–Trinajstić information content (AvgIpc) is 2.55. The van der Waals surface area contributed by atoms with Gasteiger partial charge in [0.05, 0.1) is 6.04 Å². The van der Waals surface area contributed by atoms with Crippen LogP contribution in [-0.4, -0.2) is 30.4 Å². The lowest BCUT2D eigenvalue weighted by molar-refractivity contribution is -0.140. The van der Waals surface area contributed by atoms with Gasteiger partial charge in [-0.25, -0.2) is 0 Å². The van der Waals surface area contributed by atoms with Crippen LogP contribution in [0.15, 0.2) is 24.3 Å². The van der Waals surface area contributed by atoms with Crippen LogP contribution in [0.25, 0.3) is 0 Å². The van der Waals surface area contributed by atoms with Gasteiger partial charge in [-0.3, -0.25) is 4.79 Å². The average molecular weight is 307 g/mol. The van der Waals surface area contributed by atoms with Crippen molar-refractivity contribution >= 4 is 17.5 Å². The number of carbonyl (C=O) groups is 1. The van der Waals surface area contributed by atoms with Crippen molar-refractivity contribution in [3.63, 3.8) is 0 Å². The zero-order valence-electron chi connectivity index (χ0n) is 12.4. The molecule has 1 saturated carbocycles. The molecule has 2 fully saturated rings. The second-order valence-corrected chi connectivity index (χ2v) is 6.58. The summed E-state index contributed by atoms with van der Waals surface area (Å²) in [6.45, 7) is 2.50. The molecule has 2 aliphatic rings. The first-order valence-corrected chi connectivity index (χ1v) is 8.40. The Morgan fingerprint density at radius 3 is 2.81 bits per heavy atom. The summed E-state index contributed by atoms with van der Waals surface area (Å²) in [5.41, 5.74) is 1.14. The zero-order valence-corrected chi connectivity index (χ0v) is 13.1. The third kappa shape index (κ3) is 3.41. The Bertz CT molecular complexity index is 499. The third-order valence-corrected chi connectivity index (χ3v) is 4.95. The standard InChI is InChI=1S/C17H23ClN2O/c18-15-8-4-7-14(11-15)16-12-19-9-10-20(16)17(21)13-5-2-1-3-6-13/h4,7-8,11,13,16,19H,1-3,5-6,9-10,12H2. The van der Waals surface area contributed by atoms with E-state index in [0.29, 0.717) is 5.91 Å². The second-order valence-electron chi connectivity index (χ2n) is 6.14. The molecule has 1 aliphatic carbocycles. The van der Waals surface area contributed by atoms with Gasteiger partial charge in [-0.2, -0.15) is 0 Å². The molecule has 0 spiro atoms. The Hall–Kier alpha value is -1.06. The molecule has 3 nitrogen and oxygen atoms in total. The van der Waals surface area contributed by atoms with E-state index in [1.54, 1.807) is 0 Å². The fourth-order valence-electron chi connectivity index (χ4n) is 3.56. The number of rotatable bonds is 2. The number of nitrogens with zero attached hydrogens (tertiary/aromatic N) is 1. The van der Waals surface area contributed by atoms with Gasteiger partial charge in [-0.15, -0.1) is 0 Å². The summed E-state index contributed by atoms with van der Waals surface area (Å²) in [7, 11) is 0. The van der Waals surface area contributed by atoms with Gasteiger partial charge in [0.25, 0.3) is 0 Å². The van der Waals surface area contributed by atoms with Crippen LogP contribution in [0, 0.1) is 5.92 Å². The van der Waals surface area contributed by atoms with E-state index in [0.717, 1.165) is 43.1 Å². The van der Waals surface area contributed by atoms with E-state index in [1.807, 2.05) is 18.2 Å². The van der Waals surface area contributed by atoms with Crippen LogP contribution < -0.4 is 5.32 Å². The van der Waals surface area contributed by atoms with Crippen molar-refractivity contribution in [3.05, 3.63) is 34.9 Å². The number of piperazine rings is 1. The quantitative estimate of drug-likeness (QED) is 0.908. The fraction of sp³-hybridized carbons (Fsp3) is 0.588. The summed E-state index contributed by atoms with van der Waals surface area (Å²) >= 11 is 6.12. The maximum Gasteiger partial charge on any atom is 0.226 e. The summed E-state index contributed by atoms with van der Waals surface area (Å²) in [6, 6.07) is 8.03. The maximum absolute atomic E-state index is 12.9. The van der Waals surface area contributed by atoms with Gasteiger partial charge in [-0.05, 0) is 30.5 Å². The van der Waals surface area contributed by atoms with Gasteiger partial charge in [0, 0.05) is 30.6 Å². The van der Waals surface area contributed by atoms with E-state index >= 15 is 0 Å². The van der Waals surface area contributed by atoms with Crippen molar-refractivity contribution in [3.8, 4) is 0 Å². The molecule has 0 bridgehead atoms. The SMILES string of the molecule is O=C(C1CCCCC1)N1CCNCC1c1cccc(Cl)c1. The molecule has 1 unspecified atom stereocenters. The molecular weight excluding hydrogens is 284 g/mol. The number of amides is 1. The van der Waals surface area contributed by atoms with Crippen molar-refractivity contribution in [2.45, 2.75) is 38.1 Å². The lowest BCUT2D eigenvalue weighted by Crippen LogP contribution is -2.50. The van der Waals surface area contributed by atoms with Gasteiger partial charge in [0.1, 0.15) is 0 Å². The minimum Gasteiger partial charge on any atom is -0.333 e. The molecule has 3 rings (SSSR count). The summed E-state index contributed by atoms with van der Waals surface area (Å²) < 4.78 is 0. The lowest BCUT2D eigenvalue weighted by Gasteiger charge is -2.39. The van der Waals surface area contributed by atoms with Crippen molar-refractivity contribution < 1.29 is 4.79 Å². The molecule has 0 radical (unpaired) electrons. The molecular formula is C17H23ClN2O. The summed E-state index contributed by atoms with van der Waals surface area (Å²) in [5.74, 6) is 0.583. The number of benzene rings is 1. The molecule has 114 valence electrons. The van der Waals surface area contributed by atoms with Crippen LogP contribution in [0.5, 0.6) is 0 Å². The molecule has 1 aliphatic heterocycles. The van der Waals surface area contributed by atoms with Crippen LogP contribution in [0.4, 0.5) is 0 Å². The normalized spacial score (nSPS) is 24.0. The van der Waals surface area contributed by atoms with Crippen molar-refractivity contribution in [2.24, 2.45) is 5.92 Å². The van der Waals surface area contributed by atoms with Crippen molar-refractivity contribution in [1.29, 1.82) is 0 Å². The van der Waals surface area contributed by atoms with Crippen molar-refractivity contribution in [1.82, 2.24) is 10.2 Å². The maximum atomic E-state index is 12.9. The van der Waals surface area contributed by atoms with E-state index in [1.165, 1.54) is 19.3 Å².